The molecule has 0 aromatic carbocycles. The van der Waals surface area contributed by atoms with E-state index in [0.29, 0.717) is 0 Å². The molecule has 1 aliphatic carbocycles. The van der Waals surface area contributed by atoms with Gasteiger partial charge in [0.1, 0.15) is 0 Å². The number of hydrogen-bond acceptors (Lipinski definition) is 2. The Kier molecular flexibility index (Phi) is 4.20. The summed E-state index contributed by atoms with van der Waals surface area (Å²) < 4.78 is 0. The Morgan fingerprint density at radius 2 is 2.18 bits per heavy atom. The first kappa shape index (κ1) is 12.2. The molecule has 0 bridgehead atoms. The summed E-state index contributed by atoms with van der Waals surface area (Å²) in [5.74, 6) is 1.08. The molecule has 0 spiro atoms. The van der Waals surface area contributed by atoms with Crippen molar-refractivity contribution in [1.82, 2.24) is 4.98 Å². The van der Waals surface area contributed by atoms with Crippen LogP contribution in [0.4, 0.5) is 5.69 Å². The van der Waals surface area contributed by atoms with Crippen LogP contribution < -0.4 is 11.1 Å². The third-order valence-electron chi connectivity index (χ3n) is 3.66. The number of carbonyl (C=O) groups excluding carboxylic acids is 1. The van der Waals surface area contributed by atoms with Crippen molar-refractivity contribution in [2.75, 3.05) is 11.9 Å². The molecule has 17 heavy (non-hydrogen) atoms. The van der Waals surface area contributed by atoms with E-state index in [1.165, 1.54) is 0 Å². The van der Waals surface area contributed by atoms with Gasteiger partial charge in [-0.3, -0.25) is 4.79 Å². The number of H-pyrrole nitrogens is 1. The molecule has 0 saturated heterocycles. The lowest BCUT2D eigenvalue weighted by molar-refractivity contribution is -0.121. The number of rotatable bonds is 4. The van der Waals surface area contributed by atoms with E-state index in [4.69, 9.17) is 5.73 Å². The zero-order valence-corrected chi connectivity index (χ0v) is 10.1. The summed E-state index contributed by atoms with van der Waals surface area (Å²) in [7, 11) is 0. The minimum atomic E-state index is 0.163. The van der Waals surface area contributed by atoms with Crippen LogP contribution in [0.5, 0.6) is 0 Å². The van der Waals surface area contributed by atoms with Crippen LogP contribution in [0, 0.1) is 11.8 Å². The highest BCUT2D eigenvalue weighted by molar-refractivity contribution is 5.92. The lowest BCUT2D eigenvalue weighted by atomic mass is 9.80. The van der Waals surface area contributed by atoms with Crippen molar-refractivity contribution in [3.05, 3.63) is 18.5 Å². The molecule has 4 nitrogen and oxygen atoms in total. The highest BCUT2D eigenvalue weighted by atomic mass is 16.1. The summed E-state index contributed by atoms with van der Waals surface area (Å²) >= 11 is 0. The van der Waals surface area contributed by atoms with Gasteiger partial charge >= 0.3 is 0 Å². The van der Waals surface area contributed by atoms with Crippen LogP contribution in [0.15, 0.2) is 18.5 Å². The fourth-order valence-electron chi connectivity index (χ4n) is 2.59. The highest BCUT2D eigenvalue weighted by Gasteiger charge is 2.25. The van der Waals surface area contributed by atoms with Gasteiger partial charge in [-0.15, -0.1) is 0 Å². The third-order valence-corrected chi connectivity index (χ3v) is 3.66. The zero-order valence-electron chi connectivity index (χ0n) is 10.1. The second-order valence-corrected chi connectivity index (χ2v) is 4.88. The Hall–Kier alpha value is -1.29. The maximum absolute atomic E-state index is 12.0. The van der Waals surface area contributed by atoms with Crippen LogP contribution in [0.2, 0.25) is 0 Å². The number of carbonyl (C=O) groups is 1. The van der Waals surface area contributed by atoms with Gasteiger partial charge < -0.3 is 16.0 Å². The lowest BCUT2D eigenvalue weighted by Gasteiger charge is -2.27. The molecule has 0 aliphatic heterocycles. The molecular weight excluding hydrogens is 214 g/mol. The number of anilines is 1. The standard InChI is InChI=1S/C13H21N3O/c14-7-5-10-1-3-11(4-2-10)13(17)16-12-6-8-15-9-12/h6,8-11,15H,1-5,7,14H2,(H,16,17). The van der Waals surface area contributed by atoms with Crippen molar-refractivity contribution in [2.24, 2.45) is 17.6 Å². The summed E-state index contributed by atoms with van der Waals surface area (Å²) in [5.41, 5.74) is 6.42. The maximum atomic E-state index is 12.0. The molecule has 2 rings (SSSR count). The second kappa shape index (κ2) is 5.87. The van der Waals surface area contributed by atoms with Gasteiger partial charge in [0, 0.05) is 18.3 Å². The van der Waals surface area contributed by atoms with Crippen LogP contribution in [0.1, 0.15) is 32.1 Å². The van der Waals surface area contributed by atoms with Gasteiger partial charge in [0.2, 0.25) is 5.91 Å². The first-order valence-corrected chi connectivity index (χ1v) is 6.43. The molecular formula is C13H21N3O. The van der Waals surface area contributed by atoms with E-state index in [9.17, 15) is 4.79 Å². The highest BCUT2D eigenvalue weighted by Crippen LogP contribution is 2.31. The molecule has 4 N–H and O–H groups in total. The van der Waals surface area contributed by atoms with Crippen molar-refractivity contribution in [1.29, 1.82) is 0 Å². The maximum Gasteiger partial charge on any atom is 0.227 e. The Morgan fingerprint density at radius 1 is 1.41 bits per heavy atom. The molecule has 1 heterocycles. The summed E-state index contributed by atoms with van der Waals surface area (Å²) in [6, 6.07) is 1.87. The van der Waals surface area contributed by atoms with Crippen molar-refractivity contribution in [2.45, 2.75) is 32.1 Å². The van der Waals surface area contributed by atoms with E-state index in [2.05, 4.69) is 10.3 Å². The van der Waals surface area contributed by atoms with E-state index in [-0.39, 0.29) is 11.8 Å². The molecule has 1 saturated carbocycles. The van der Waals surface area contributed by atoms with Gasteiger partial charge in [0.05, 0.1) is 5.69 Å². The average molecular weight is 235 g/mol. The van der Waals surface area contributed by atoms with E-state index in [1.54, 1.807) is 6.20 Å². The molecule has 0 unspecified atom stereocenters. The summed E-state index contributed by atoms with van der Waals surface area (Å²) in [4.78, 5) is 14.9. The van der Waals surface area contributed by atoms with Crippen molar-refractivity contribution >= 4 is 11.6 Å². The number of aromatic nitrogens is 1. The summed E-state index contributed by atoms with van der Waals surface area (Å²) in [6.45, 7) is 0.769. The second-order valence-electron chi connectivity index (χ2n) is 4.88. The fourth-order valence-corrected chi connectivity index (χ4v) is 2.59. The largest absolute Gasteiger partial charge is 0.366 e. The molecule has 1 aromatic heterocycles. The van der Waals surface area contributed by atoms with E-state index >= 15 is 0 Å². The molecule has 1 aliphatic rings. The lowest BCUT2D eigenvalue weighted by Crippen LogP contribution is -2.27. The Balaban J connectivity index is 1.78. The SMILES string of the molecule is NCCC1CCC(C(=O)Nc2cc[nH]c2)CC1. The number of nitrogens with two attached hydrogens (primary N) is 1. The van der Waals surface area contributed by atoms with Gasteiger partial charge in [0.25, 0.3) is 0 Å². The molecule has 1 aromatic rings. The van der Waals surface area contributed by atoms with Crippen molar-refractivity contribution < 1.29 is 4.79 Å². The summed E-state index contributed by atoms with van der Waals surface area (Å²) in [5, 5.41) is 2.94. The third kappa shape index (κ3) is 3.33. The van der Waals surface area contributed by atoms with E-state index in [0.717, 1.165) is 50.3 Å². The zero-order chi connectivity index (χ0) is 12.1. The van der Waals surface area contributed by atoms with Gasteiger partial charge in [-0.25, -0.2) is 0 Å². The summed E-state index contributed by atoms with van der Waals surface area (Å²) in [6.07, 6.45) is 9.00. The number of nitrogens with one attached hydrogen (secondary N) is 2. The van der Waals surface area contributed by atoms with Gasteiger partial charge in [-0.2, -0.15) is 0 Å². The minimum absolute atomic E-state index is 0.163. The molecule has 94 valence electrons. The van der Waals surface area contributed by atoms with Gasteiger partial charge in [-0.05, 0) is 50.6 Å². The first-order chi connectivity index (χ1) is 8.29. The van der Waals surface area contributed by atoms with E-state index in [1.807, 2.05) is 12.3 Å². The molecule has 1 fully saturated rings. The molecule has 0 radical (unpaired) electrons. The number of hydrogen-bond donors (Lipinski definition) is 3. The monoisotopic (exact) mass is 235 g/mol. The Labute approximate surface area is 102 Å². The number of amides is 1. The minimum Gasteiger partial charge on any atom is -0.366 e. The van der Waals surface area contributed by atoms with Crippen molar-refractivity contribution in [3.8, 4) is 0 Å². The predicted molar refractivity (Wildman–Crippen MR) is 68.5 cm³/mol. The molecule has 0 atom stereocenters. The van der Waals surface area contributed by atoms with Gasteiger partial charge in [0.15, 0.2) is 0 Å². The predicted octanol–water partition coefficient (Wildman–Crippen LogP) is 2.11. The van der Waals surface area contributed by atoms with E-state index < -0.39 is 0 Å². The average Bonchev–Trinajstić information content (AvgIpc) is 2.83. The molecule has 4 heteroatoms. The van der Waals surface area contributed by atoms with Gasteiger partial charge in [-0.1, -0.05) is 0 Å². The van der Waals surface area contributed by atoms with Crippen LogP contribution in [-0.4, -0.2) is 17.4 Å². The van der Waals surface area contributed by atoms with Crippen LogP contribution in [-0.2, 0) is 4.79 Å². The Bertz CT molecular complexity index is 340. The van der Waals surface area contributed by atoms with Crippen molar-refractivity contribution in [3.63, 3.8) is 0 Å². The topological polar surface area (TPSA) is 70.9 Å². The van der Waals surface area contributed by atoms with Crippen LogP contribution in [0.25, 0.3) is 0 Å². The smallest absolute Gasteiger partial charge is 0.227 e. The quantitative estimate of drug-likeness (QED) is 0.748. The molecule has 1 amide bonds. The Morgan fingerprint density at radius 3 is 2.76 bits per heavy atom. The normalized spacial score (nSPS) is 24.5. The first-order valence-electron chi connectivity index (χ1n) is 6.43. The number of aromatic amines is 1. The van der Waals surface area contributed by atoms with Crippen LogP contribution in [0.3, 0.4) is 0 Å². The van der Waals surface area contributed by atoms with Crippen LogP contribution >= 0.6 is 0 Å². The fraction of sp³-hybridized carbons (Fsp3) is 0.615.